The van der Waals surface area contributed by atoms with E-state index in [4.69, 9.17) is 4.74 Å². The van der Waals surface area contributed by atoms with Crippen LogP contribution in [0.4, 0.5) is 4.79 Å². The Labute approximate surface area is 179 Å². The van der Waals surface area contributed by atoms with Crippen molar-refractivity contribution in [1.29, 1.82) is 0 Å². The number of aromatic nitrogens is 4. The van der Waals surface area contributed by atoms with Crippen molar-refractivity contribution in [3.63, 3.8) is 0 Å². The number of amides is 1. The molecule has 1 atom stereocenters. The van der Waals surface area contributed by atoms with Crippen LogP contribution in [0.5, 0.6) is 0 Å². The first-order valence-electron chi connectivity index (χ1n) is 10.7. The summed E-state index contributed by atoms with van der Waals surface area (Å²) in [5.41, 5.74) is 1.35. The Morgan fingerprint density at radius 2 is 1.97 bits per heavy atom. The van der Waals surface area contributed by atoms with Crippen LogP contribution < -0.4 is 5.56 Å². The maximum Gasteiger partial charge on any atom is 0.410 e. The Morgan fingerprint density at radius 3 is 2.74 bits per heavy atom. The van der Waals surface area contributed by atoms with Crippen molar-refractivity contribution in [3.05, 3.63) is 64.3 Å². The van der Waals surface area contributed by atoms with Gasteiger partial charge in [0, 0.05) is 45.1 Å². The third-order valence-electron chi connectivity index (χ3n) is 6.38. The van der Waals surface area contributed by atoms with Gasteiger partial charge in [0.2, 0.25) is 0 Å². The van der Waals surface area contributed by atoms with Gasteiger partial charge in [-0.2, -0.15) is 4.52 Å². The van der Waals surface area contributed by atoms with Crippen molar-refractivity contribution in [3.8, 4) is 0 Å². The zero-order valence-corrected chi connectivity index (χ0v) is 17.5. The summed E-state index contributed by atoms with van der Waals surface area (Å²) in [6.45, 7) is 5.59. The van der Waals surface area contributed by atoms with E-state index in [1.54, 1.807) is 0 Å². The molecule has 162 valence electrons. The van der Waals surface area contributed by atoms with Crippen LogP contribution in [0.1, 0.15) is 36.9 Å². The van der Waals surface area contributed by atoms with Crippen LogP contribution in [0.25, 0.3) is 5.78 Å². The average molecular weight is 422 g/mol. The zero-order valence-electron chi connectivity index (χ0n) is 17.5. The second kappa shape index (κ2) is 7.81. The first kappa shape index (κ1) is 19.7. The van der Waals surface area contributed by atoms with E-state index in [0.29, 0.717) is 31.1 Å². The molecule has 1 aromatic carbocycles. The van der Waals surface area contributed by atoms with Gasteiger partial charge in [-0.15, -0.1) is 0 Å². The number of nitrogens with one attached hydrogen (secondary N) is 1. The molecular formula is C22H26N6O3. The highest BCUT2D eigenvalue weighted by molar-refractivity contribution is 5.71. The molecule has 9 heteroatoms. The maximum absolute atomic E-state index is 12.6. The number of ether oxygens (including phenoxy) is 1. The fourth-order valence-electron chi connectivity index (χ4n) is 4.61. The molecule has 0 bridgehead atoms. The van der Waals surface area contributed by atoms with Gasteiger partial charge in [0.1, 0.15) is 11.9 Å². The number of hydrogen-bond donors (Lipinski definition) is 1. The molecule has 0 radical (unpaired) electrons. The third-order valence-corrected chi connectivity index (χ3v) is 6.38. The molecule has 2 saturated heterocycles. The number of rotatable bonds is 5. The molecule has 0 saturated carbocycles. The fraction of sp³-hybridized carbons (Fsp3) is 0.455. The second-order valence-electron chi connectivity index (χ2n) is 8.63. The van der Waals surface area contributed by atoms with E-state index in [2.05, 4.69) is 39.0 Å². The highest BCUT2D eigenvalue weighted by Gasteiger charge is 2.47. The van der Waals surface area contributed by atoms with Crippen molar-refractivity contribution >= 4 is 11.9 Å². The van der Waals surface area contributed by atoms with Crippen LogP contribution >= 0.6 is 0 Å². The van der Waals surface area contributed by atoms with Crippen LogP contribution in [0, 0.1) is 0 Å². The number of carbonyl (C=O) groups excluding carboxylic acids is 1. The van der Waals surface area contributed by atoms with Crippen molar-refractivity contribution in [2.45, 2.75) is 37.8 Å². The minimum absolute atomic E-state index is 0.168. The lowest BCUT2D eigenvalue weighted by molar-refractivity contribution is -0.00151. The largest absolute Gasteiger partial charge is 0.441 e. The molecule has 2 aromatic heterocycles. The monoisotopic (exact) mass is 422 g/mol. The smallest absolute Gasteiger partial charge is 0.410 e. The van der Waals surface area contributed by atoms with Gasteiger partial charge in [-0.25, -0.2) is 14.8 Å². The molecule has 0 aliphatic carbocycles. The predicted octanol–water partition coefficient (Wildman–Crippen LogP) is 2.01. The molecule has 1 amide bonds. The van der Waals surface area contributed by atoms with Crippen LogP contribution in [-0.4, -0.2) is 67.3 Å². The van der Waals surface area contributed by atoms with Crippen molar-refractivity contribution < 1.29 is 9.53 Å². The van der Waals surface area contributed by atoms with E-state index >= 15 is 0 Å². The quantitative estimate of drug-likeness (QED) is 0.676. The van der Waals surface area contributed by atoms with E-state index in [0.717, 1.165) is 25.9 Å². The molecule has 1 N–H and O–H groups in total. The SMILES string of the molecule is C[C@H](CN1CC2(CCN(Cc3cc(=O)n4[nH]cnc4n3)CC2)OC1=O)c1ccccc1. The van der Waals surface area contributed by atoms with Gasteiger partial charge < -0.3 is 9.64 Å². The number of hydrogen-bond acceptors (Lipinski definition) is 6. The lowest BCUT2D eigenvalue weighted by Gasteiger charge is -2.37. The first-order chi connectivity index (χ1) is 15.0. The topological polar surface area (TPSA) is 95.8 Å². The number of aromatic amines is 1. The van der Waals surface area contributed by atoms with E-state index in [1.807, 2.05) is 23.1 Å². The Kier molecular flexibility index (Phi) is 4.97. The fourth-order valence-corrected chi connectivity index (χ4v) is 4.61. The van der Waals surface area contributed by atoms with Gasteiger partial charge in [-0.1, -0.05) is 37.3 Å². The first-order valence-corrected chi connectivity index (χ1v) is 10.7. The van der Waals surface area contributed by atoms with Crippen molar-refractivity contribution in [2.75, 3.05) is 26.2 Å². The summed E-state index contributed by atoms with van der Waals surface area (Å²) >= 11 is 0. The van der Waals surface area contributed by atoms with Crippen molar-refractivity contribution in [2.24, 2.45) is 0 Å². The number of piperidine rings is 1. The number of nitrogens with zero attached hydrogens (tertiary/aromatic N) is 5. The highest BCUT2D eigenvalue weighted by Crippen LogP contribution is 2.34. The van der Waals surface area contributed by atoms with Gasteiger partial charge >= 0.3 is 6.09 Å². The predicted molar refractivity (Wildman–Crippen MR) is 114 cm³/mol. The second-order valence-corrected chi connectivity index (χ2v) is 8.63. The molecule has 2 aliphatic rings. The maximum atomic E-state index is 12.6. The van der Waals surface area contributed by atoms with Crippen molar-refractivity contribution in [1.82, 2.24) is 29.4 Å². The Hall–Kier alpha value is -3.20. The summed E-state index contributed by atoms with van der Waals surface area (Å²) in [6, 6.07) is 11.8. The van der Waals surface area contributed by atoms with E-state index in [9.17, 15) is 9.59 Å². The molecule has 5 rings (SSSR count). The van der Waals surface area contributed by atoms with Crippen LogP contribution in [0.3, 0.4) is 0 Å². The zero-order chi connectivity index (χ0) is 21.4. The van der Waals surface area contributed by atoms with Crippen LogP contribution in [-0.2, 0) is 11.3 Å². The summed E-state index contributed by atoms with van der Waals surface area (Å²) in [5.74, 6) is 0.634. The number of fused-ring (bicyclic) bond motifs is 1. The molecular weight excluding hydrogens is 396 g/mol. The molecule has 2 fully saturated rings. The van der Waals surface area contributed by atoms with E-state index in [-0.39, 0.29) is 17.6 Å². The molecule has 4 heterocycles. The highest BCUT2D eigenvalue weighted by atomic mass is 16.6. The Balaban J connectivity index is 1.19. The third kappa shape index (κ3) is 3.93. The summed E-state index contributed by atoms with van der Waals surface area (Å²) in [5, 5.41) is 2.75. The van der Waals surface area contributed by atoms with Crippen LogP contribution in [0.2, 0.25) is 0 Å². The number of H-pyrrole nitrogens is 1. The molecule has 0 unspecified atom stereocenters. The van der Waals surface area contributed by atoms with E-state index in [1.165, 1.54) is 22.5 Å². The number of benzene rings is 1. The van der Waals surface area contributed by atoms with Gasteiger partial charge in [0.15, 0.2) is 0 Å². The van der Waals surface area contributed by atoms with Gasteiger partial charge in [0.05, 0.1) is 12.2 Å². The Bertz CT molecular complexity index is 1130. The van der Waals surface area contributed by atoms with Crippen LogP contribution in [0.15, 0.2) is 47.5 Å². The molecule has 31 heavy (non-hydrogen) atoms. The summed E-state index contributed by atoms with van der Waals surface area (Å²) in [7, 11) is 0. The molecule has 3 aromatic rings. The normalized spacial score (nSPS) is 19.8. The summed E-state index contributed by atoms with van der Waals surface area (Å²) in [4.78, 5) is 37.3. The van der Waals surface area contributed by atoms with Gasteiger partial charge in [-0.3, -0.25) is 14.8 Å². The molecule has 2 aliphatic heterocycles. The minimum Gasteiger partial charge on any atom is -0.441 e. The number of likely N-dealkylation sites (tertiary alicyclic amines) is 1. The van der Waals surface area contributed by atoms with Gasteiger partial charge in [-0.05, 0) is 11.5 Å². The number of carbonyl (C=O) groups is 1. The Morgan fingerprint density at radius 1 is 1.19 bits per heavy atom. The molecule has 1 spiro atoms. The average Bonchev–Trinajstić information content (AvgIpc) is 3.36. The summed E-state index contributed by atoms with van der Waals surface area (Å²) in [6.07, 6.45) is 2.80. The molecule has 9 nitrogen and oxygen atoms in total. The van der Waals surface area contributed by atoms with Gasteiger partial charge in [0.25, 0.3) is 11.3 Å². The summed E-state index contributed by atoms with van der Waals surface area (Å²) < 4.78 is 7.20. The minimum atomic E-state index is -0.414. The van der Waals surface area contributed by atoms with E-state index < -0.39 is 5.60 Å². The lowest BCUT2D eigenvalue weighted by Crippen LogP contribution is -2.46. The lowest BCUT2D eigenvalue weighted by atomic mass is 9.91. The standard InChI is InChI=1S/C22H26N6O3/c1-16(17-5-3-2-4-6-17)12-27-14-22(31-21(27)30)7-9-26(10-8-22)13-18-11-19(29)28-20(25-18)23-15-24-28/h2-6,11,15-16H,7-10,12-14H2,1H3,(H,23,24,25)/t16-/m1/s1.